The summed E-state index contributed by atoms with van der Waals surface area (Å²) in [4.78, 5) is 7.19. The Morgan fingerprint density at radius 3 is 2.50 bits per heavy atom. The van der Waals surface area contributed by atoms with Gasteiger partial charge in [-0.05, 0) is 32.0 Å². The summed E-state index contributed by atoms with van der Waals surface area (Å²) in [6, 6.07) is 1.07. The van der Waals surface area contributed by atoms with Crippen molar-refractivity contribution in [3.8, 4) is 0 Å². The molecule has 1 N–H and O–H groups in total. The van der Waals surface area contributed by atoms with E-state index in [2.05, 4.69) is 15.3 Å². The van der Waals surface area contributed by atoms with Crippen molar-refractivity contribution < 1.29 is 13.2 Å². The fourth-order valence-electron chi connectivity index (χ4n) is 1.87. The quantitative estimate of drug-likeness (QED) is 0.802. The van der Waals surface area contributed by atoms with Crippen LogP contribution in [0.3, 0.4) is 0 Å². The Labute approximate surface area is 91.1 Å². The Morgan fingerprint density at radius 1 is 1.19 bits per heavy atom. The van der Waals surface area contributed by atoms with Gasteiger partial charge in [0.15, 0.2) is 0 Å². The fraction of sp³-hybridized carbons (Fsp3) is 0.600. The molecule has 2 rings (SSSR count). The highest BCUT2D eigenvalue weighted by Crippen LogP contribution is 2.30. The van der Waals surface area contributed by atoms with Crippen molar-refractivity contribution in [2.75, 3.05) is 13.1 Å². The first-order chi connectivity index (χ1) is 7.57. The van der Waals surface area contributed by atoms with Gasteiger partial charge in [0.1, 0.15) is 12.0 Å². The number of alkyl halides is 3. The van der Waals surface area contributed by atoms with E-state index in [1.807, 2.05) is 0 Å². The monoisotopic (exact) mass is 231 g/mol. The number of aromatic nitrogens is 2. The van der Waals surface area contributed by atoms with Crippen LogP contribution in [0.4, 0.5) is 13.2 Å². The first-order valence-electron chi connectivity index (χ1n) is 5.17. The third kappa shape index (κ3) is 2.49. The molecule has 88 valence electrons. The van der Waals surface area contributed by atoms with Gasteiger partial charge in [-0.25, -0.2) is 9.97 Å². The van der Waals surface area contributed by atoms with Gasteiger partial charge in [-0.15, -0.1) is 0 Å². The van der Waals surface area contributed by atoms with Crippen LogP contribution in [-0.2, 0) is 6.18 Å². The minimum absolute atomic E-state index is 0.116. The van der Waals surface area contributed by atoms with Crippen LogP contribution < -0.4 is 5.32 Å². The predicted molar refractivity (Wildman–Crippen MR) is 51.9 cm³/mol. The minimum Gasteiger partial charge on any atom is -0.317 e. The van der Waals surface area contributed by atoms with Crippen molar-refractivity contribution in [1.29, 1.82) is 0 Å². The lowest BCUT2D eigenvalue weighted by Gasteiger charge is -2.22. The Morgan fingerprint density at radius 2 is 1.88 bits per heavy atom. The van der Waals surface area contributed by atoms with E-state index in [0.29, 0.717) is 5.69 Å². The average Bonchev–Trinajstić information content (AvgIpc) is 2.29. The van der Waals surface area contributed by atoms with Crippen LogP contribution in [0.5, 0.6) is 0 Å². The summed E-state index contributed by atoms with van der Waals surface area (Å²) in [7, 11) is 0. The molecule has 1 aliphatic heterocycles. The molecule has 2 heterocycles. The molecule has 0 spiro atoms. The van der Waals surface area contributed by atoms with Crippen molar-refractivity contribution in [1.82, 2.24) is 15.3 Å². The van der Waals surface area contributed by atoms with E-state index < -0.39 is 11.9 Å². The third-order valence-corrected chi connectivity index (χ3v) is 2.74. The lowest BCUT2D eigenvalue weighted by Crippen LogP contribution is -2.27. The normalized spacial score (nSPS) is 18.7. The summed E-state index contributed by atoms with van der Waals surface area (Å²) >= 11 is 0. The second kappa shape index (κ2) is 4.37. The van der Waals surface area contributed by atoms with Crippen LogP contribution in [0.1, 0.15) is 30.1 Å². The number of nitrogens with one attached hydrogen (secondary N) is 1. The molecule has 0 radical (unpaired) electrons. The third-order valence-electron chi connectivity index (χ3n) is 2.74. The molecule has 16 heavy (non-hydrogen) atoms. The fourth-order valence-corrected chi connectivity index (χ4v) is 1.87. The highest BCUT2D eigenvalue weighted by molar-refractivity contribution is 5.15. The van der Waals surface area contributed by atoms with E-state index in [1.165, 1.54) is 0 Å². The van der Waals surface area contributed by atoms with Gasteiger partial charge >= 0.3 is 6.18 Å². The van der Waals surface area contributed by atoms with Crippen LogP contribution in [0.25, 0.3) is 0 Å². The molecule has 0 aromatic carbocycles. The average molecular weight is 231 g/mol. The molecule has 0 atom stereocenters. The van der Waals surface area contributed by atoms with Crippen LogP contribution in [0.2, 0.25) is 0 Å². The molecule has 1 aliphatic rings. The van der Waals surface area contributed by atoms with Gasteiger partial charge in [0.2, 0.25) is 0 Å². The van der Waals surface area contributed by atoms with E-state index >= 15 is 0 Å². The van der Waals surface area contributed by atoms with Crippen LogP contribution in [-0.4, -0.2) is 23.1 Å². The first kappa shape index (κ1) is 11.3. The van der Waals surface area contributed by atoms with Crippen molar-refractivity contribution in [3.63, 3.8) is 0 Å². The van der Waals surface area contributed by atoms with Crippen LogP contribution >= 0.6 is 0 Å². The molecule has 3 nitrogen and oxygen atoms in total. The van der Waals surface area contributed by atoms with Crippen molar-refractivity contribution in [3.05, 3.63) is 23.8 Å². The van der Waals surface area contributed by atoms with Gasteiger partial charge in [-0.1, -0.05) is 0 Å². The Balaban J connectivity index is 2.21. The summed E-state index contributed by atoms with van der Waals surface area (Å²) < 4.78 is 37.3. The zero-order valence-electron chi connectivity index (χ0n) is 8.59. The van der Waals surface area contributed by atoms with Gasteiger partial charge in [0.05, 0.1) is 0 Å². The summed E-state index contributed by atoms with van der Waals surface area (Å²) in [5.74, 6) is 0.116. The van der Waals surface area contributed by atoms with Crippen molar-refractivity contribution in [2.24, 2.45) is 0 Å². The number of halogens is 3. The number of hydrogen-bond acceptors (Lipinski definition) is 3. The second-order valence-electron chi connectivity index (χ2n) is 3.85. The van der Waals surface area contributed by atoms with Crippen molar-refractivity contribution >= 4 is 0 Å². The van der Waals surface area contributed by atoms with E-state index in [1.54, 1.807) is 0 Å². The second-order valence-corrected chi connectivity index (χ2v) is 3.85. The summed E-state index contributed by atoms with van der Waals surface area (Å²) in [5.41, 5.74) is -0.347. The molecule has 0 amide bonds. The summed E-state index contributed by atoms with van der Waals surface area (Å²) in [6.45, 7) is 1.66. The molecule has 0 unspecified atom stereocenters. The molecule has 1 aromatic heterocycles. The number of piperidine rings is 1. The zero-order chi connectivity index (χ0) is 11.6. The zero-order valence-corrected chi connectivity index (χ0v) is 8.59. The number of nitrogens with zero attached hydrogens (tertiary/aromatic N) is 2. The molecule has 0 aliphatic carbocycles. The van der Waals surface area contributed by atoms with E-state index in [-0.39, 0.29) is 5.92 Å². The highest BCUT2D eigenvalue weighted by Gasteiger charge is 2.33. The van der Waals surface area contributed by atoms with E-state index in [0.717, 1.165) is 38.3 Å². The maximum absolute atomic E-state index is 12.4. The van der Waals surface area contributed by atoms with Crippen molar-refractivity contribution in [2.45, 2.75) is 24.9 Å². The minimum atomic E-state index is -4.38. The lowest BCUT2D eigenvalue weighted by molar-refractivity contribution is -0.141. The standard InChI is InChI=1S/C10H12F3N3/c11-10(12,13)9-5-8(15-6-16-9)7-1-3-14-4-2-7/h5-7,14H,1-4H2. The van der Waals surface area contributed by atoms with Crippen LogP contribution in [0.15, 0.2) is 12.4 Å². The largest absolute Gasteiger partial charge is 0.433 e. The molecule has 0 saturated carbocycles. The van der Waals surface area contributed by atoms with Crippen LogP contribution in [0, 0.1) is 0 Å². The molecular weight excluding hydrogens is 219 g/mol. The molecule has 0 bridgehead atoms. The predicted octanol–water partition coefficient (Wildman–Crippen LogP) is 1.96. The van der Waals surface area contributed by atoms with Gasteiger partial charge < -0.3 is 5.32 Å². The Hall–Kier alpha value is -1.17. The van der Waals surface area contributed by atoms with E-state index in [9.17, 15) is 13.2 Å². The Kier molecular flexibility index (Phi) is 3.09. The topological polar surface area (TPSA) is 37.8 Å². The van der Waals surface area contributed by atoms with Gasteiger partial charge in [0.25, 0.3) is 0 Å². The SMILES string of the molecule is FC(F)(F)c1cc(C2CCNCC2)ncn1. The number of hydrogen-bond donors (Lipinski definition) is 1. The molecular formula is C10H12F3N3. The van der Waals surface area contributed by atoms with Gasteiger partial charge in [-0.3, -0.25) is 0 Å². The maximum Gasteiger partial charge on any atom is 0.433 e. The number of rotatable bonds is 1. The van der Waals surface area contributed by atoms with Gasteiger partial charge in [-0.2, -0.15) is 13.2 Å². The molecule has 1 saturated heterocycles. The molecule has 6 heteroatoms. The molecule has 1 fully saturated rings. The summed E-state index contributed by atoms with van der Waals surface area (Å²) in [5, 5.41) is 3.16. The van der Waals surface area contributed by atoms with Gasteiger partial charge in [0, 0.05) is 11.6 Å². The lowest BCUT2D eigenvalue weighted by atomic mass is 9.94. The smallest absolute Gasteiger partial charge is 0.317 e. The molecule has 1 aromatic rings. The highest BCUT2D eigenvalue weighted by atomic mass is 19.4. The Bertz CT molecular complexity index is 359. The maximum atomic E-state index is 12.4. The van der Waals surface area contributed by atoms with E-state index in [4.69, 9.17) is 0 Å². The summed E-state index contributed by atoms with van der Waals surface area (Å²) in [6.07, 6.45) is -1.73. The first-order valence-corrected chi connectivity index (χ1v) is 5.17.